The summed E-state index contributed by atoms with van der Waals surface area (Å²) in [7, 11) is 0. The lowest BCUT2D eigenvalue weighted by Crippen LogP contribution is -2.15. The highest BCUT2D eigenvalue weighted by atomic mass is 19.4. The highest BCUT2D eigenvalue weighted by Crippen LogP contribution is 2.32. The van der Waals surface area contributed by atoms with Crippen LogP contribution in [0.1, 0.15) is 22.3 Å². The molecule has 2 aromatic heterocycles. The van der Waals surface area contributed by atoms with E-state index >= 15 is 0 Å². The Labute approximate surface area is 192 Å². The first-order chi connectivity index (χ1) is 16.1. The van der Waals surface area contributed by atoms with E-state index in [-0.39, 0.29) is 18.0 Å². The van der Waals surface area contributed by atoms with Crippen LogP contribution in [0.5, 0.6) is 11.5 Å². The van der Waals surface area contributed by atoms with Gasteiger partial charge in [0.25, 0.3) is 0 Å². The molecule has 4 aromatic rings. The number of nitrogens with zero attached hydrogens (tertiary/aromatic N) is 2. The van der Waals surface area contributed by atoms with Crippen molar-refractivity contribution in [3.63, 3.8) is 0 Å². The second kappa shape index (κ2) is 9.05. The summed E-state index contributed by atoms with van der Waals surface area (Å²) in [6.07, 6.45) is -2.18. The Morgan fingerprint density at radius 1 is 1.15 bits per heavy atom. The minimum absolute atomic E-state index is 0.226. The Morgan fingerprint density at radius 3 is 2.62 bits per heavy atom. The molecule has 0 saturated heterocycles. The molecule has 0 aliphatic rings. The number of carbonyl (C=O) groups excluding carboxylic acids is 1. The van der Waals surface area contributed by atoms with Gasteiger partial charge in [-0.25, -0.2) is 9.37 Å². The van der Waals surface area contributed by atoms with Crippen molar-refractivity contribution in [2.45, 2.75) is 19.5 Å². The smallest absolute Gasteiger partial charge is 0.390 e. The largest absolute Gasteiger partial charge is 0.456 e. The van der Waals surface area contributed by atoms with Crippen LogP contribution in [0.4, 0.5) is 23.2 Å². The van der Waals surface area contributed by atoms with Crippen molar-refractivity contribution in [3.8, 4) is 22.8 Å². The van der Waals surface area contributed by atoms with Gasteiger partial charge in [0.15, 0.2) is 5.65 Å². The van der Waals surface area contributed by atoms with Crippen LogP contribution >= 0.6 is 0 Å². The van der Waals surface area contributed by atoms with Crippen LogP contribution in [0.2, 0.25) is 0 Å². The molecule has 6 nitrogen and oxygen atoms in total. The lowest BCUT2D eigenvalue weighted by Gasteiger charge is -2.14. The van der Waals surface area contributed by atoms with Crippen molar-refractivity contribution in [3.05, 3.63) is 77.9 Å². The molecule has 2 aromatic carbocycles. The van der Waals surface area contributed by atoms with Gasteiger partial charge in [-0.3, -0.25) is 9.20 Å². The van der Waals surface area contributed by atoms with Crippen LogP contribution in [0, 0.1) is 12.7 Å². The van der Waals surface area contributed by atoms with E-state index < -0.39 is 24.3 Å². The van der Waals surface area contributed by atoms with Crippen LogP contribution in [0.25, 0.3) is 16.9 Å². The van der Waals surface area contributed by atoms with Crippen LogP contribution in [-0.4, -0.2) is 28.0 Å². The van der Waals surface area contributed by atoms with E-state index in [0.29, 0.717) is 33.7 Å². The number of ether oxygens (including phenoxy) is 1. The third-order valence-corrected chi connectivity index (χ3v) is 5.12. The number of nitrogens with two attached hydrogens (primary N) is 1. The third kappa shape index (κ3) is 5.11. The molecule has 10 heteroatoms. The standard InChI is InChI=1S/C24H20F4N4O2/c1-14-9-15(5-6-19(14)22(29)33)21-12-31-23-20(30-8-7-24(26,27)28)11-18(13-32(21)23)34-17-4-2-3-16(25)10-17/h2-6,9-13,30H,7-8H2,1H3,(H2,29,33). The van der Waals surface area contributed by atoms with Gasteiger partial charge in [-0.05, 0) is 36.8 Å². The molecule has 0 saturated carbocycles. The highest BCUT2D eigenvalue weighted by Gasteiger charge is 2.26. The lowest BCUT2D eigenvalue weighted by molar-refractivity contribution is -0.131. The summed E-state index contributed by atoms with van der Waals surface area (Å²) in [6.45, 7) is 1.38. The number of hydrogen-bond donors (Lipinski definition) is 2. The molecule has 34 heavy (non-hydrogen) atoms. The molecule has 0 aliphatic heterocycles. The molecule has 0 unspecified atom stereocenters. The number of rotatable bonds is 7. The number of amides is 1. The third-order valence-electron chi connectivity index (χ3n) is 5.12. The molecule has 0 fully saturated rings. The number of halogens is 4. The first-order valence-electron chi connectivity index (χ1n) is 10.3. The van der Waals surface area contributed by atoms with E-state index in [1.807, 2.05) is 0 Å². The number of aryl methyl sites for hydroxylation is 1. The van der Waals surface area contributed by atoms with Crippen LogP contribution in [-0.2, 0) is 0 Å². The molecule has 0 bridgehead atoms. The van der Waals surface area contributed by atoms with Crippen LogP contribution in [0.15, 0.2) is 60.9 Å². The van der Waals surface area contributed by atoms with E-state index in [2.05, 4.69) is 10.3 Å². The van der Waals surface area contributed by atoms with Gasteiger partial charge in [-0.15, -0.1) is 0 Å². The predicted octanol–water partition coefficient (Wildman–Crippen LogP) is 5.70. The van der Waals surface area contributed by atoms with Gasteiger partial charge in [0, 0.05) is 29.8 Å². The maximum Gasteiger partial charge on any atom is 0.390 e. The van der Waals surface area contributed by atoms with E-state index in [1.54, 1.807) is 48.0 Å². The molecule has 1 amide bonds. The number of carbonyl (C=O) groups is 1. The molecule has 4 rings (SSSR count). The normalized spacial score (nSPS) is 11.6. The molecule has 2 heterocycles. The quantitative estimate of drug-likeness (QED) is 0.338. The molecular formula is C24H20F4N4O2. The van der Waals surface area contributed by atoms with Crippen molar-refractivity contribution in [2.24, 2.45) is 5.73 Å². The summed E-state index contributed by atoms with van der Waals surface area (Å²) in [6, 6.07) is 12.1. The summed E-state index contributed by atoms with van der Waals surface area (Å²) in [5.74, 6) is -0.555. The topological polar surface area (TPSA) is 81.7 Å². The second-order valence-electron chi connectivity index (χ2n) is 7.67. The van der Waals surface area contributed by atoms with Gasteiger partial charge in [-0.2, -0.15) is 13.2 Å². The first-order valence-corrected chi connectivity index (χ1v) is 10.3. The molecule has 176 valence electrons. The molecule has 0 spiro atoms. The number of hydrogen-bond acceptors (Lipinski definition) is 4. The van der Waals surface area contributed by atoms with Gasteiger partial charge in [0.2, 0.25) is 5.91 Å². The summed E-state index contributed by atoms with van der Waals surface area (Å²) in [5, 5.41) is 2.76. The first kappa shape index (κ1) is 23.1. The fourth-order valence-electron chi connectivity index (χ4n) is 3.57. The second-order valence-corrected chi connectivity index (χ2v) is 7.67. The zero-order valence-electron chi connectivity index (χ0n) is 18.0. The molecule has 3 N–H and O–H groups in total. The number of nitrogens with one attached hydrogen (secondary N) is 1. The lowest BCUT2D eigenvalue weighted by atomic mass is 10.0. The number of primary amides is 1. The zero-order chi connectivity index (χ0) is 24.5. The SMILES string of the molecule is Cc1cc(-c2cnc3c(NCCC(F)(F)F)cc(Oc4cccc(F)c4)cn23)ccc1C(N)=O. The van der Waals surface area contributed by atoms with Crippen molar-refractivity contribution < 1.29 is 27.1 Å². The number of anilines is 1. The fourth-order valence-corrected chi connectivity index (χ4v) is 3.57. The van der Waals surface area contributed by atoms with Crippen LogP contribution in [0.3, 0.4) is 0 Å². The van der Waals surface area contributed by atoms with Gasteiger partial charge in [0.1, 0.15) is 17.3 Å². The van der Waals surface area contributed by atoms with Crippen molar-refractivity contribution >= 4 is 17.2 Å². The van der Waals surface area contributed by atoms with Gasteiger partial charge >= 0.3 is 6.18 Å². The molecule has 0 radical (unpaired) electrons. The maximum absolute atomic E-state index is 13.6. The molecular weight excluding hydrogens is 452 g/mol. The van der Waals surface area contributed by atoms with Gasteiger partial charge in [0.05, 0.1) is 30.2 Å². The van der Waals surface area contributed by atoms with E-state index in [0.717, 1.165) is 0 Å². The Morgan fingerprint density at radius 2 is 1.94 bits per heavy atom. The Hall–Kier alpha value is -4.08. The summed E-state index contributed by atoms with van der Waals surface area (Å²) < 4.78 is 59.1. The Balaban J connectivity index is 1.78. The Bertz CT molecular complexity index is 1370. The summed E-state index contributed by atoms with van der Waals surface area (Å²) >= 11 is 0. The molecule has 0 aliphatic carbocycles. The number of fused-ring (bicyclic) bond motifs is 1. The average molecular weight is 472 g/mol. The number of pyridine rings is 1. The van der Waals surface area contributed by atoms with E-state index in [1.165, 1.54) is 24.3 Å². The zero-order valence-corrected chi connectivity index (χ0v) is 18.0. The van der Waals surface area contributed by atoms with Gasteiger partial charge < -0.3 is 15.8 Å². The van der Waals surface area contributed by atoms with E-state index in [4.69, 9.17) is 10.5 Å². The monoisotopic (exact) mass is 472 g/mol. The minimum Gasteiger partial charge on any atom is -0.456 e. The number of imidazole rings is 1. The summed E-state index contributed by atoms with van der Waals surface area (Å²) in [4.78, 5) is 15.9. The van der Waals surface area contributed by atoms with Crippen molar-refractivity contribution in [2.75, 3.05) is 11.9 Å². The number of benzene rings is 2. The molecule has 0 atom stereocenters. The maximum atomic E-state index is 13.6. The fraction of sp³-hybridized carbons (Fsp3) is 0.167. The summed E-state index contributed by atoms with van der Waals surface area (Å²) in [5.41, 5.74) is 8.43. The average Bonchev–Trinajstić information content (AvgIpc) is 3.16. The minimum atomic E-state index is -4.32. The number of alkyl halides is 3. The predicted molar refractivity (Wildman–Crippen MR) is 120 cm³/mol. The van der Waals surface area contributed by atoms with Gasteiger partial charge in [-0.1, -0.05) is 12.1 Å². The number of aromatic nitrogens is 2. The van der Waals surface area contributed by atoms with Crippen LogP contribution < -0.4 is 15.8 Å². The van der Waals surface area contributed by atoms with Crippen molar-refractivity contribution in [1.29, 1.82) is 0 Å². The van der Waals surface area contributed by atoms with E-state index in [9.17, 15) is 22.4 Å². The highest BCUT2D eigenvalue weighted by molar-refractivity contribution is 5.95. The van der Waals surface area contributed by atoms with Crippen molar-refractivity contribution in [1.82, 2.24) is 9.38 Å². The Kier molecular flexibility index (Phi) is 6.14.